The zero-order valence-corrected chi connectivity index (χ0v) is 14.6. The summed E-state index contributed by atoms with van der Waals surface area (Å²) in [4.78, 5) is 4.27. The van der Waals surface area contributed by atoms with Gasteiger partial charge in [0, 0.05) is 30.1 Å². The van der Waals surface area contributed by atoms with E-state index in [1.54, 1.807) is 18.3 Å². The first-order chi connectivity index (χ1) is 13.3. The molecule has 5 heteroatoms. The highest BCUT2D eigenvalue weighted by Crippen LogP contribution is 2.24. The SMILES string of the molecule is N#Cc1cccnc1NCc1cn(-c2ccccc2)nc1-c1ccccc1. The first-order valence-electron chi connectivity index (χ1n) is 8.63. The average molecular weight is 351 g/mol. The minimum atomic E-state index is 0.517. The van der Waals surface area contributed by atoms with Crippen LogP contribution < -0.4 is 5.32 Å². The second kappa shape index (κ2) is 7.54. The van der Waals surface area contributed by atoms with E-state index in [0.717, 1.165) is 22.5 Å². The number of hydrogen-bond donors (Lipinski definition) is 1. The van der Waals surface area contributed by atoms with Crippen LogP contribution in [0, 0.1) is 11.3 Å². The summed E-state index contributed by atoms with van der Waals surface area (Å²) in [6.45, 7) is 0.517. The van der Waals surface area contributed by atoms with Gasteiger partial charge in [0.1, 0.15) is 11.9 Å². The molecule has 5 nitrogen and oxygen atoms in total. The number of benzene rings is 2. The minimum Gasteiger partial charge on any atom is -0.365 e. The van der Waals surface area contributed by atoms with Crippen LogP contribution in [-0.4, -0.2) is 14.8 Å². The topological polar surface area (TPSA) is 66.5 Å². The Morgan fingerprint density at radius 1 is 0.926 bits per heavy atom. The highest BCUT2D eigenvalue weighted by Gasteiger charge is 2.13. The number of rotatable bonds is 5. The minimum absolute atomic E-state index is 0.517. The normalized spacial score (nSPS) is 10.3. The van der Waals surface area contributed by atoms with E-state index < -0.39 is 0 Å². The number of nitriles is 1. The van der Waals surface area contributed by atoms with Gasteiger partial charge in [-0.15, -0.1) is 0 Å². The third-order valence-corrected chi connectivity index (χ3v) is 4.23. The lowest BCUT2D eigenvalue weighted by Gasteiger charge is -2.07. The molecular weight excluding hydrogens is 334 g/mol. The summed E-state index contributed by atoms with van der Waals surface area (Å²) in [5.74, 6) is 0.575. The van der Waals surface area contributed by atoms with Crippen molar-refractivity contribution in [3.63, 3.8) is 0 Å². The zero-order valence-electron chi connectivity index (χ0n) is 14.6. The van der Waals surface area contributed by atoms with E-state index in [1.165, 1.54) is 0 Å². The summed E-state index contributed by atoms with van der Waals surface area (Å²) in [5, 5.41) is 17.3. The van der Waals surface area contributed by atoms with Crippen LogP contribution >= 0.6 is 0 Å². The van der Waals surface area contributed by atoms with Gasteiger partial charge in [0.05, 0.1) is 16.9 Å². The Labute approximate surface area is 157 Å². The fourth-order valence-electron chi connectivity index (χ4n) is 2.91. The number of hydrogen-bond acceptors (Lipinski definition) is 4. The fraction of sp³-hybridized carbons (Fsp3) is 0.0455. The van der Waals surface area contributed by atoms with Gasteiger partial charge >= 0.3 is 0 Å². The van der Waals surface area contributed by atoms with E-state index in [-0.39, 0.29) is 0 Å². The first kappa shape index (κ1) is 16.6. The molecule has 0 bridgehead atoms. The summed E-state index contributed by atoms with van der Waals surface area (Å²) in [5.41, 5.74) is 4.50. The molecule has 130 valence electrons. The maximum atomic E-state index is 9.25. The van der Waals surface area contributed by atoms with E-state index in [9.17, 15) is 5.26 Å². The number of nitrogens with zero attached hydrogens (tertiary/aromatic N) is 4. The van der Waals surface area contributed by atoms with Gasteiger partial charge in [-0.1, -0.05) is 48.5 Å². The van der Waals surface area contributed by atoms with Crippen molar-refractivity contribution in [2.45, 2.75) is 6.54 Å². The average Bonchev–Trinajstić information content (AvgIpc) is 3.18. The molecule has 0 radical (unpaired) electrons. The summed E-state index contributed by atoms with van der Waals surface area (Å²) in [7, 11) is 0. The summed E-state index contributed by atoms with van der Waals surface area (Å²) in [6.07, 6.45) is 3.69. The predicted octanol–water partition coefficient (Wildman–Crippen LogP) is 4.42. The van der Waals surface area contributed by atoms with Crippen LogP contribution in [0.3, 0.4) is 0 Å². The monoisotopic (exact) mass is 351 g/mol. The third kappa shape index (κ3) is 3.55. The van der Waals surface area contributed by atoms with Crippen molar-refractivity contribution in [1.82, 2.24) is 14.8 Å². The molecule has 0 spiro atoms. The van der Waals surface area contributed by atoms with Crippen molar-refractivity contribution in [1.29, 1.82) is 5.26 Å². The van der Waals surface area contributed by atoms with Gasteiger partial charge in [-0.05, 0) is 24.3 Å². The predicted molar refractivity (Wildman–Crippen MR) is 105 cm³/mol. The lowest BCUT2D eigenvalue weighted by molar-refractivity contribution is 0.883. The van der Waals surface area contributed by atoms with Crippen LogP contribution in [0.1, 0.15) is 11.1 Å². The molecule has 1 N–H and O–H groups in total. The Bertz CT molecular complexity index is 1080. The zero-order chi connectivity index (χ0) is 18.5. The maximum absolute atomic E-state index is 9.25. The van der Waals surface area contributed by atoms with Gasteiger partial charge < -0.3 is 5.32 Å². The molecule has 0 aliphatic heterocycles. The van der Waals surface area contributed by atoms with Crippen LogP contribution in [0.5, 0.6) is 0 Å². The Hall–Kier alpha value is -3.91. The van der Waals surface area contributed by atoms with Crippen molar-refractivity contribution >= 4 is 5.82 Å². The summed E-state index contributed by atoms with van der Waals surface area (Å²) >= 11 is 0. The van der Waals surface area contributed by atoms with Gasteiger partial charge in [0.2, 0.25) is 0 Å². The molecule has 0 fully saturated rings. The number of pyridine rings is 1. The van der Waals surface area contributed by atoms with Crippen molar-refractivity contribution in [3.05, 3.63) is 96.3 Å². The third-order valence-electron chi connectivity index (χ3n) is 4.23. The molecule has 4 aromatic rings. The molecule has 0 aliphatic rings. The molecule has 0 amide bonds. The van der Waals surface area contributed by atoms with Crippen LogP contribution in [0.15, 0.2) is 85.2 Å². The van der Waals surface area contributed by atoms with Crippen LogP contribution in [0.2, 0.25) is 0 Å². The first-order valence-corrected chi connectivity index (χ1v) is 8.63. The second-order valence-corrected chi connectivity index (χ2v) is 6.01. The fourth-order valence-corrected chi connectivity index (χ4v) is 2.91. The molecule has 0 saturated heterocycles. The van der Waals surface area contributed by atoms with E-state index in [4.69, 9.17) is 5.10 Å². The van der Waals surface area contributed by atoms with Gasteiger partial charge in [-0.25, -0.2) is 9.67 Å². The quantitative estimate of drug-likeness (QED) is 0.578. The number of nitrogens with one attached hydrogen (secondary N) is 1. The van der Waals surface area contributed by atoms with E-state index in [1.807, 2.05) is 71.5 Å². The molecule has 2 heterocycles. The van der Waals surface area contributed by atoms with Crippen LogP contribution in [-0.2, 0) is 6.54 Å². The molecule has 2 aromatic heterocycles. The van der Waals surface area contributed by atoms with Crippen molar-refractivity contribution in [3.8, 4) is 23.0 Å². The summed E-state index contributed by atoms with van der Waals surface area (Å²) in [6, 6.07) is 25.8. The van der Waals surface area contributed by atoms with Crippen molar-refractivity contribution < 1.29 is 0 Å². The molecule has 0 unspecified atom stereocenters. The van der Waals surface area contributed by atoms with Crippen molar-refractivity contribution in [2.24, 2.45) is 0 Å². The number of para-hydroxylation sites is 1. The highest BCUT2D eigenvalue weighted by molar-refractivity contribution is 5.64. The van der Waals surface area contributed by atoms with E-state index >= 15 is 0 Å². The van der Waals surface area contributed by atoms with Crippen molar-refractivity contribution in [2.75, 3.05) is 5.32 Å². The molecule has 4 rings (SSSR count). The molecule has 27 heavy (non-hydrogen) atoms. The van der Waals surface area contributed by atoms with E-state index in [2.05, 4.69) is 16.4 Å². The highest BCUT2D eigenvalue weighted by atomic mass is 15.3. The lowest BCUT2D eigenvalue weighted by Crippen LogP contribution is -2.03. The van der Waals surface area contributed by atoms with Gasteiger partial charge in [-0.3, -0.25) is 0 Å². The molecular formula is C22H17N5. The van der Waals surface area contributed by atoms with Gasteiger partial charge in [0.25, 0.3) is 0 Å². The van der Waals surface area contributed by atoms with Crippen LogP contribution in [0.4, 0.5) is 5.82 Å². The Kier molecular flexibility index (Phi) is 4.62. The Morgan fingerprint density at radius 2 is 1.67 bits per heavy atom. The van der Waals surface area contributed by atoms with Crippen LogP contribution in [0.25, 0.3) is 16.9 Å². The smallest absolute Gasteiger partial charge is 0.144 e. The molecule has 0 aliphatic carbocycles. The largest absolute Gasteiger partial charge is 0.365 e. The maximum Gasteiger partial charge on any atom is 0.144 e. The number of aromatic nitrogens is 3. The lowest BCUT2D eigenvalue weighted by atomic mass is 10.1. The number of anilines is 1. The molecule has 0 saturated carbocycles. The molecule has 0 atom stereocenters. The Morgan fingerprint density at radius 3 is 2.41 bits per heavy atom. The summed E-state index contributed by atoms with van der Waals surface area (Å²) < 4.78 is 1.88. The van der Waals surface area contributed by atoms with E-state index in [0.29, 0.717) is 17.9 Å². The second-order valence-electron chi connectivity index (χ2n) is 6.01. The molecule has 2 aromatic carbocycles. The van der Waals surface area contributed by atoms with Gasteiger partial charge in [-0.2, -0.15) is 10.4 Å². The van der Waals surface area contributed by atoms with Gasteiger partial charge in [0.15, 0.2) is 0 Å². The Balaban J connectivity index is 1.70. The standard InChI is InChI=1S/C22H17N5/c23-14-18-10-7-13-24-22(18)25-15-19-16-27(20-11-5-2-6-12-20)26-21(19)17-8-3-1-4-9-17/h1-13,16H,15H2,(H,24,25).